The van der Waals surface area contributed by atoms with E-state index in [-0.39, 0.29) is 17.0 Å². The van der Waals surface area contributed by atoms with Crippen molar-refractivity contribution in [2.75, 3.05) is 7.11 Å². The Morgan fingerprint density at radius 2 is 1.90 bits per heavy atom. The second kappa shape index (κ2) is 6.68. The molecule has 1 atom stereocenters. The maximum absolute atomic E-state index is 13.0. The van der Waals surface area contributed by atoms with Crippen molar-refractivity contribution in [3.05, 3.63) is 93.6 Å². The molecule has 1 aliphatic heterocycles. The Balaban J connectivity index is 1.82. The zero-order chi connectivity index (χ0) is 20.8. The highest BCUT2D eigenvalue weighted by Gasteiger charge is 2.33. The van der Waals surface area contributed by atoms with Gasteiger partial charge in [-0.05, 0) is 29.7 Å². The Bertz CT molecular complexity index is 1460. The number of allylic oxidation sites excluding steroid dienone is 1. The van der Waals surface area contributed by atoms with Gasteiger partial charge in [0, 0.05) is 27.4 Å². The van der Waals surface area contributed by atoms with E-state index in [2.05, 4.69) is 11.1 Å². The lowest BCUT2D eigenvalue weighted by Gasteiger charge is -2.27. The van der Waals surface area contributed by atoms with Crippen molar-refractivity contribution in [1.29, 1.82) is 5.26 Å². The molecule has 0 saturated carbocycles. The summed E-state index contributed by atoms with van der Waals surface area (Å²) in [6, 6.07) is 21.0. The van der Waals surface area contributed by atoms with Gasteiger partial charge in [-0.3, -0.25) is 4.79 Å². The smallest absolute Gasteiger partial charge is 0.252 e. The number of benzene rings is 3. The Kier molecular flexibility index (Phi) is 3.97. The maximum atomic E-state index is 13.0. The highest BCUT2D eigenvalue weighted by atomic mass is 16.5. The summed E-state index contributed by atoms with van der Waals surface area (Å²) in [5.41, 5.74) is 7.91. The third-order valence-corrected chi connectivity index (χ3v) is 5.50. The first-order valence-electron chi connectivity index (χ1n) is 9.41. The molecule has 0 aliphatic carbocycles. The third-order valence-electron chi connectivity index (χ3n) is 5.50. The normalized spacial score (nSPS) is 15.5. The average molecular weight is 395 g/mol. The molecule has 0 amide bonds. The number of aromatic nitrogens is 1. The minimum atomic E-state index is -0.636. The van der Waals surface area contributed by atoms with Crippen LogP contribution in [0.4, 0.5) is 0 Å². The molecule has 0 saturated heterocycles. The largest absolute Gasteiger partial charge is 0.497 e. The van der Waals surface area contributed by atoms with Crippen molar-refractivity contribution in [3.8, 4) is 17.6 Å². The van der Waals surface area contributed by atoms with Crippen LogP contribution in [0, 0.1) is 11.3 Å². The van der Waals surface area contributed by atoms with Crippen LogP contribution in [0.15, 0.2) is 76.9 Å². The predicted molar refractivity (Wildman–Crippen MR) is 114 cm³/mol. The van der Waals surface area contributed by atoms with E-state index in [4.69, 9.17) is 15.2 Å². The SMILES string of the molecule is COc1ccc2[nH]c(=O)c([C@@H]3C(C#N)=C(N)Oc4c3ccc3ccccc43)cc2c1. The second-order valence-electron chi connectivity index (χ2n) is 7.14. The molecule has 146 valence electrons. The molecule has 0 bridgehead atoms. The van der Waals surface area contributed by atoms with Gasteiger partial charge < -0.3 is 20.2 Å². The number of rotatable bonds is 2. The van der Waals surface area contributed by atoms with Gasteiger partial charge in [0.05, 0.1) is 13.0 Å². The summed E-state index contributed by atoms with van der Waals surface area (Å²) in [5, 5.41) is 12.5. The molecule has 3 N–H and O–H groups in total. The van der Waals surface area contributed by atoms with Crippen LogP contribution >= 0.6 is 0 Å². The summed E-state index contributed by atoms with van der Waals surface area (Å²) in [7, 11) is 1.59. The summed E-state index contributed by atoms with van der Waals surface area (Å²) >= 11 is 0. The summed E-state index contributed by atoms with van der Waals surface area (Å²) in [5.74, 6) is 0.619. The fourth-order valence-corrected chi connectivity index (χ4v) is 4.05. The lowest BCUT2D eigenvalue weighted by molar-refractivity contribution is 0.398. The van der Waals surface area contributed by atoms with Gasteiger partial charge in [-0.1, -0.05) is 36.4 Å². The van der Waals surface area contributed by atoms with Gasteiger partial charge in [-0.25, -0.2) is 0 Å². The number of hydrogen-bond donors (Lipinski definition) is 2. The van der Waals surface area contributed by atoms with E-state index in [9.17, 15) is 10.1 Å². The molecular weight excluding hydrogens is 378 g/mol. The topological polar surface area (TPSA) is 101 Å². The Morgan fingerprint density at radius 1 is 1.07 bits per heavy atom. The first-order valence-corrected chi connectivity index (χ1v) is 9.41. The van der Waals surface area contributed by atoms with Crippen LogP contribution in [0.3, 0.4) is 0 Å². The molecular formula is C24H17N3O3. The highest BCUT2D eigenvalue weighted by molar-refractivity contribution is 5.91. The average Bonchev–Trinajstić information content (AvgIpc) is 2.77. The number of aromatic amines is 1. The highest BCUT2D eigenvalue weighted by Crippen LogP contribution is 2.44. The molecule has 3 aromatic carbocycles. The number of nitrogens with zero attached hydrogens (tertiary/aromatic N) is 1. The van der Waals surface area contributed by atoms with E-state index in [0.717, 1.165) is 21.7 Å². The van der Waals surface area contributed by atoms with Crippen LogP contribution in [0.25, 0.3) is 21.7 Å². The zero-order valence-corrected chi connectivity index (χ0v) is 16.1. The maximum Gasteiger partial charge on any atom is 0.252 e. The number of nitrogens with one attached hydrogen (secondary N) is 1. The van der Waals surface area contributed by atoms with Gasteiger partial charge in [0.25, 0.3) is 5.56 Å². The molecule has 0 spiro atoms. The van der Waals surface area contributed by atoms with Gasteiger partial charge in [-0.15, -0.1) is 0 Å². The van der Waals surface area contributed by atoms with Crippen molar-refractivity contribution in [2.45, 2.75) is 5.92 Å². The summed E-state index contributed by atoms with van der Waals surface area (Å²) in [6.07, 6.45) is 0. The van der Waals surface area contributed by atoms with Crippen molar-refractivity contribution < 1.29 is 9.47 Å². The molecule has 30 heavy (non-hydrogen) atoms. The fourth-order valence-electron chi connectivity index (χ4n) is 4.05. The van der Waals surface area contributed by atoms with Crippen molar-refractivity contribution in [3.63, 3.8) is 0 Å². The van der Waals surface area contributed by atoms with Crippen LogP contribution < -0.4 is 20.8 Å². The number of pyridine rings is 1. The predicted octanol–water partition coefficient (Wildman–Crippen LogP) is 3.91. The van der Waals surface area contributed by atoms with Crippen LogP contribution in [0.2, 0.25) is 0 Å². The Hall–Kier alpha value is -4.24. The van der Waals surface area contributed by atoms with Gasteiger partial charge in [-0.2, -0.15) is 5.26 Å². The number of H-pyrrole nitrogens is 1. The van der Waals surface area contributed by atoms with E-state index in [1.807, 2.05) is 42.5 Å². The number of ether oxygens (including phenoxy) is 2. The van der Waals surface area contributed by atoms with Crippen LogP contribution in [0.5, 0.6) is 11.5 Å². The van der Waals surface area contributed by atoms with Crippen LogP contribution in [0.1, 0.15) is 17.0 Å². The molecule has 6 heteroatoms. The fraction of sp³-hybridized carbons (Fsp3) is 0.0833. The minimum Gasteiger partial charge on any atom is -0.497 e. The number of fused-ring (bicyclic) bond motifs is 4. The van der Waals surface area contributed by atoms with Crippen molar-refractivity contribution in [2.24, 2.45) is 5.73 Å². The molecule has 6 nitrogen and oxygen atoms in total. The van der Waals surface area contributed by atoms with E-state index < -0.39 is 5.92 Å². The van der Waals surface area contributed by atoms with E-state index in [1.54, 1.807) is 25.3 Å². The zero-order valence-electron chi connectivity index (χ0n) is 16.1. The summed E-state index contributed by atoms with van der Waals surface area (Å²) in [4.78, 5) is 15.9. The van der Waals surface area contributed by atoms with Gasteiger partial charge in [0.1, 0.15) is 23.1 Å². The third kappa shape index (κ3) is 2.60. The second-order valence-corrected chi connectivity index (χ2v) is 7.14. The van der Waals surface area contributed by atoms with E-state index in [1.165, 1.54) is 0 Å². The molecule has 4 aromatic rings. The first-order chi connectivity index (χ1) is 14.6. The minimum absolute atomic E-state index is 0.0106. The van der Waals surface area contributed by atoms with Crippen LogP contribution in [-0.2, 0) is 0 Å². The standard InChI is InChI=1S/C24H17N3O3/c1-29-15-7-9-20-14(10-15)11-18(24(28)27-20)21-17-8-6-13-4-2-3-5-16(13)22(17)30-23(26)19(21)12-25/h2-11,21H,26H2,1H3,(H,27,28)/t21-/m1/s1. The van der Waals surface area contributed by atoms with Gasteiger partial charge >= 0.3 is 0 Å². The summed E-state index contributed by atoms with van der Waals surface area (Å²) in [6.45, 7) is 0. The van der Waals surface area contributed by atoms with E-state index >= 15 is 0 Å². The summed E-state index contributed by atoms with van der Waals surface area (Å²) < 4.78 is 11.2. The Morgan fingerprint density at radius 3 is 2.70 bits per heavy atom. The molecule has 1 aromatic heterocycles. The number of methoxy groups -OCH3 is 1. The lowest BCUT2D eigenvalue weighted by atomic mass is 9.82. The first kappa shape index (κ1) is 17.8. The quantitative estimate of drug-likeness (QED) is 0.536. The number of nitriles is 1. The molecule has 0 radical (unpaired) electrons. The van der Waals surface area contributed by atoms with Crippen molar-refractivity contribution in [1.82, 2.24) is 4.98 Å². The number of hydrogen-bond acceptors (Lipinski definition) is 5. The molecule has 0 fully saturated rings. The van der Waals surface area contributed by atoms with Gasteiger partial charge in [0.15, 0.2) is 0 Å². The number of nitrogens with two attached hydrogens (primary N) is 1. The Labute approximate surface area is 171 Å². The van der Waals surface area contributed by atoms with Crippen molar-refractivity contribution >= 4 is 21.7 Å². The molecule has 0 unspecified atom stereocenters. The van der Waals surface area contributed by atoms with E-state index in [0.29, 0.717) is 22.6 Å². The monoisotopic (exact) mass is 395 g/mol. The van der Waals surface area contributed by atoms with Crippen LogP contribution in [-0.4, -0.2) is 12.1 Å². The van der Waals surface area contributed by atoms with Gasteiger partial charge in [0.2, 0.25) is 5.88 Å². The molecule has 2 heterocycles. The molecule has 5 rings (SSSR count). The molecule has 1 aliphatic rings. The lowest BCUT2D eigenvalue weighted by Crippen LogP contribution is -2.25.